The summed E-state index contributed by atoms with van der Waals surface area (Å²) in [7, 11) is 1.41. The van der Waals surface area contributed by atoms with E-state index < -0.39 is 4.92 Å². The van der Waals surface area contributed by atoms with Crippen molar-refractivity contribution in [2.24, 2.45) is 5.92 Å². The third-order valence-electron chi connectivity index (χ3n) is 4.00. The molecule has 0 N–H and O–H groups in total. The summed E-state index contributed by atoms with van der Waals surface area (Å²) in [6.45, 7) is 5.38. The van der Waals surface area contributed by atoms with E-state index in [2.05, 4.69) is 0 Å². The van der Waals surface area contributed by atoms with Crippen molar-refractivity contribution in [3.63, 3.8) is 0 Å². The summed E-state index contributed by atoms with van der Waals surface area (Å²) in [5.41, 5.74) is 0.00288. The lowest BCUT2D eigenvalue weighted by Crippen LogP contribution is -2.51. The first-order valence-electron chi connectivity index (χ1n) is 7.75. The number of benzene rings is 1. The Morgan fingerprint density at radius 1 is 1.17 bits per heavy atom. The zero-order chi connectivity index (χ0) is 17.9. The van der Waals surface area contributed by atoms with Crippen LogP contribution in [0.4, 0.5) is 5.69 Å². The normalized spacial score (nSPS) is 14.7. The fraction of sp³-hybridized carbons (Fsp3) is 0.500. The molecule has 2 amide bonds. The molecule has 0 aromatic heterocycles. The Hall–Kier alpha value is -2.64. The van der Waals surface area contributed by atoms with Gasteiger partial charge in [0.25, 0.3) is 11.6 Å². The number of amides is 2. The van der Waals surface area contributed by atoms with Crippen LogP contribution in [-0.2, 0) is 4.79 Å². The summed E-state index contributed by atoms with van der Waals surface area (Å²) in [5.74, 6) is -0.0439. The zero-order valence-corrected chi connectivity index (χ0v) is 14.0. The summed E-state index contributed by atoms with van der Waals surface area (Å²) in [6, 6.07) is 3.95. The fourth-order valence-electron chi connectivity index (χ4n) is 2.64. The molecule has 0 spiro atoms. The quantitative estimate of drug-likeness (QED) is 0.615. The highest BCUT2D eigenvalue weighted by Crippen LogP contribution is 2.25. The van der Waals surface area contributed by atoms with E-state index in [1.807, 2.05) is 13.8 Å². The number of non-ortho nitro benzene ring substituents is 1. The van der Waals surface area contributed by atoms with Crippen molar-refractivity contribution in [1.29, 1.82) is 0 Å². The Morgan fingerprint density at radius 2 is 1.75 bits per heavy atom. The van der Waals surface area contributed by atoms with Crippen LogP contribution in [0.3, 0.4) is 0 Å². The van der Waals surface area contributed by atoms with Gasteiger partial charge in [-0.1, -0.05) is 13.8 Å². The van der Waals surface area contributed by atoms with Crippen LogP contribution in [0, 0.1) is 16.0 Å². The van der Waals surface area contributed by atoms with Crippen molar-refractivity contribution < 1.29 is 19.2 Å². The second kappa shape index (κ2) is 7.29. The molecule has 1 saturated heterocycles. The second-order valence-corrected chi connectivity index (χ2v) is 5.91. The van der Waals surface area contributed by atoms with Crippen LogP contribution in [0.2, 0.25) is 0 Å². The molecule has 24 heavy (non-hydrogen) atoms. The van der Waals surface area contributed by atoms with Gasteiger partial charge in [-0.2, -0.15) is 0 Å². The van der Waals surface area contributed by atoms with Crippen LogP contribution >= 0.6 is 0 Å². The lowest BCUT2D eigenvalue weighted by atomic mass is 10.1. The minimum absolute atomic E-state index is 0.0648. The van der Waals surface area contributed by atoms with Gasteiger partial charge < -0.3 is 14.5 Å². The molecule has 1 aromatic rings. The van der Waals surface area contributed by atoms with E-state index in [0.717, 1.165) is 0 Å². The van der Waals surface area contributed by atoms with E-state index in [9.17, 15) is 19.7 Å². The molecule has 0 aliphatic carbocycles. The number of carbonyl (C=O) groups is 2. The molecule has 0 atom stereocenters. The van der Waals surface area contributed by atoms with E-state index in [0.29, 0.717) is 31.9 Å². The van der Waals surface area contributed by atoms with E-state index in [1.54, 1.807) is 9.80 Å². The van der Waals surface area contributed by atoms with Gasteiger partial charge in [0.2, 0.25) is 5.91 Å². The second-order valence-electron chi connectivity index (χ2n) is 5.91. The highest BCUT2D eigenvalue weighted by Gasteiger charge is 2.28. The van der Waals surface area contributed by atoms with Gasteiger partial charge in [0.15, 0.2) is 0 Å². The molecular formula is C16H21N3O5. The predicted octanol–water partition coefficient (Wildman–Crippen LogP) is 1.54. The van der Waals surface area contributed by atoms with Gasteiger partial charge in [-0.3, -0.25) is 19.7 Å². The number of nitro benzene ring substituents is 1. The summed E-state index contributed by atoms with van der Waals surface area (Å²) in [4.78, 5) is 38.4. The maximum Gasteiger partial charge on any atom is 0.270 e. The largest absolute Gasteiger partial charge is 0.496 e. The van der Waals surface area contributed by atoms with Crippen LogP contribution in [0.25, 0.3) is 0 Å². The molecule has 1 fully saturated rings. The maximum absolute atomic E-state index is 12.7. The lowest BCUT2D eigenvalue weighted by Gasteiger charge is -2.35. The van der Waals surface area contributed by atoms with Gasteiger partial charge in [0.1, 0.15) is 5.75 Å². The predicted molar refractivity (Wildman–Crippen MR) is 87.0 cm³/mol. The summed E-state index contributed by atoms with van der Waals surface area (Å²) in [6.07, 6.45) is 0. The topological polar surface area (TPSA) is 93.0 Å². The summed E-state index contributed by atoms with van der Waals surface area (Å²) in [5, 5.41) is 10.9. The van der Waals surface area contributed by atoms with Crippen molar-refractivity contribution in [3.05, 3.63) is 33.9 Å². The summed E-state index contributed by atoms with van der Waals surface area (Å²) < 4.78 is 5.15. The first-order chi connectivity index (χ1) is 11.3. The number of methoxy groups -OCH3 is 1. The minimum atomic E-state index is -0.546. The zero-order valence-electron chi connectivity index (χ0n) is 14.0. The Balaban J connectivity index is 2.14. The molecular weight excluding hydrogens is 314 g/mol. The van der Waals surface area contributed by atoms with Gasteiger partial charge in [-0.15, -0.1) is 0 Å². The maximum atomic E-state index is 12.7. The molecule has 1 aromatic carbocycles. The monoisotopic (exact) mass is 335 g/mol. The Morgan fingerprint density at radius 3 is 2.25 bits per heavy atom. The minimum Gasteiger partial charge on any atom is -0.496 e. The molecule has 1 aliphatic heterocycles. The van der Waals surface area contributed by atoms with Gasteiger partial charge in [-0.05, 0) is 6.07 Å². The smallest absolute Gasteiger partial charge is 0.270 e. The van der Waals surface area contributed by atoms with Gasteiger partial charge in [-0.25, -0.2) is 0 Å². The van der Waals surface area contributed by atoms with Gasteiger partial charge >= 0.3 is 0 Å². The van der Waals surface area contributed by atoms with Crippen molar-refractivity contribution in [2.75, 3.05) is 33.3 Å². The van der Waals surface area contributed by atoms with Crippen LogP contribution in [0.5, 0.6) is 5.75 Å². The van der Waals surface area contributed by atoms with Crippen LogP contribution < -0.4 is 4.74 Å². The number of rotatable bonds is 4. The molecule has 0 saturated carbocycles. The number of nitro groups is 1. The highest BCUT2D eigenvalue weighted by molar-refractivity contribution is 5.97. The standard InChI is InChI=1S/C16H21N3O5/c1-11(2)15(20)17-6-8-18(9-7-17)16(21)13-10-12(19(22)23)4-5-14(13)24-3/h4-5,10-11H,6-9H2,1-3H3. The molecule has 1 heterocycles. The molecule has 8 heteroatoms. The fourth-order valence-corrected chi connectivity index (χ4v) is 2.64. The average molecular weight is 335 g/mol. The van der Waals surface area contributed by atoms with E-state index >= 15 is 0 Å². The molecule has 130 valence electrons. The van der Waals surface area contributed by atoms with Gasteiger partial charge in [0.05, 0.1) is 17.6 Å². The highest BCUT2D eigenvalue weighted by atomic mass is 16.6. The SMILES string of the molecule is COc1ccc([N+](=O)[O-])cc1C(=O)N1CCN(C(=O)C(C)C)CC1. The Bertz CT molecular complexity index is 651. The molecule has 2 rings (SSSR count). The van der Waals surface area contributed by atoms with Crippen LogP contribution in [-0.4, -0.2) is 59.8 Å². The number of hydrogen-bond acceptors (Lipinski definition) is 5. The van der Waals surface area contributed by atoms with Crippen LogP contribution in [0.15, 0.2) is 18.2 Å². The third kappa shape index (κ3) is 3.64. The van der Waals surface area contributed by atoms with Crippen molar-refractivity contribution in [3.8, 4) is 5.75 Å². The van der Waals surface area contributed by atoms with Crippen molar-refractivity contribution in [2.45, 2.75) is 13.8 Å². The Labute approximate surface area is 140 Å². The van der Waals surface area contributed by atoms with E-state index in [-0.39, 0.29) is 29.0 Å². The molecule has 8 nitrogen and oxygen atoms in total. The number of ether oxygens (including phenoxy) is 1. The molecule has 1 aliphatic rings. The van der Waals surface area contributed by atoms with E-state index in [1.165, 1.54) is 25.3 Å². The molecule has 0 unspecified atom stereocenters. The average Bonchev–Trinajstić information content (AvgIpc) is 2.59. The number of nitrogens with zero attached hydrogens (tertiary/aromatic N) is 3. The van der Waals surface area contributed by atoms with E-state index in [4.69, 9.17) is 4.74 Å². The third-order valence-corrected chi connectivity index (χ3v) is 4.00. The van der Waals surface area contributed by atoms with Gasteiger partial charge in [0, 0.05) is 44.2 Å². The van der Waals surface area contributed by atoms with Crippen molar-refractivity contribution in [1.82, 2.24) is 9.80 Å². The first kappa shape index (κ1) is 17.7. The molecule has 0 radical (unpaired) electrons. The number of piperazine rings is 1. The number of hydrogen-bond donors (Lipinski definition) is 0. The molecule has 0 bridgehead atoms. The Kier molecular flexibility index (Phi) is 5.38. The first-order valence-corrected chi connectivity index (χ1v) is 7.75. The van der Waals surface area contributed by atoms with Crippen LogP contribution in [0.1, 0.15) is 24.2 Å². The van der Waals surface area contributed by atoms with Crippen molar-refractivity contribution >= 4 is 17.5 Å². The summed E-state index contributed by atoms with van der Waals surface area (Å²) >= 11 is 0. The number of carbonyl (C=O) groups excluding carboxylic acids is 2. The lowest BCUT2D eigenvalue weighted by molar-refractivity contribution is -0.384.